The summed E-state index contributed by atoms with van der Waals surface area (Å²) in [7, 11) is 1.56. The second kappa shape index (κ2) is 4.13. The fraction of sp³-hybridized carbons (Fsp3) is 0.273. The maximum Gasteiger partial charge on any atom is 0.251 e. The second-order valence-electron chi connectivity index (χ2n) is 3.43. The summed E-state index contributed by atoms with van der Waals surface area (Å²) in [4.78, 5) is 22.5. The molecule has 0 unspecified atom stereocenters. The summed E-state index contributed by atoms with van der Waals surface area (Å²) in [6.45, 7) is 3.53. The summed E-state index contributed by atoms with van der Waals surface area (Å²) < 4.78 is 0. The number of primary amides is 1. The van der Waals surface area contributed by atoms with Crippen LogP contribution in [0.2, 0.25) is 0 Å². The molecule has 0 fully saturated rings. The number of carbonyl (C=O) groups excluding carboxylic acids is 2. The zero-order chi connectivity index (χ0) is 11.6. The van der Waals surface area contributed by atoms with Gasteiger partial charge in [-0.25, -0.2) is 0 Å². The standard InChI is InChI=1S/C11H14N2O2/c1-6-4-8(11(15)13-3)5-7(2)9(6)10(12)14/h4-5H,1-3H3,(H2,12,14)(H,13,15). The minimum Gasteiger partial charge on any atom is -0.366 e. The summed E-state index contributed by atoms with van der Waals surface area (Å²) in [5.74, 6) is -0.634. The van der Waals surface area contributed by atoms with E-state index in [-0.39, 0.29) is 5.91 Å². The van der Waals surface area contributed by atoms with Crippen LogP contribution in [0.1, 0.15) is 31.8 Å². The highest BCUT2D eigenvalue weighted by Gasteiger charge is 2.12. The molecule has 4 heteroatoms. The van der Waals surface area contributed by atoms with Gasteiger partial charge in [-0.1, -0.05) is 0 Å². The van der Waals surface area contributed by atoms with Crippen molar-refractivity contribution in [3.63, 3.8) is 0 Å². The Balaban J connectivity index is 3.31. The first-order valence-electron chi connectivity index (χ1n) is 4.60. The summed E-state index contributed by atoms with van der Waals surface area (Å²) >= 11 is 0. The van der Waals surface area contributed by atoms with Crippen LogP contribution in [-0.2, 0) is 0 Å². The Labute approximate surface area is 88.5 Å². The molecular formula is C11H14N2O2. The van der Waals surface area contributed by atoms with Crippen molar-refractivity contribution in [1.82, 2.24) is 5.32 Å². The maximum absolute atomic E-state index is 11.4. The normalized spacial score (nSPS) is 9.80. The van der Waals surface area contributed by atoms with Crippen LogP contribution in [0.3, 0.4) is 0 Å². The van der Waals surface area contributed by atoms with Crippen molar-refractivity contribution >= 4 is 11.8 Å². The van der Waals surface area contributed by atoms with Crippen molar-refractivity contribution in [1.29, 1.82) is 0 Å². The van der Waals surface area contributed by atoms with Crippen LogP contribution in [0, 0.1) is 13.8 Å². The average molecular weight is 206 g/mol. The van der Waals surface area contributed by atoms with Gasteiger partial charge >= 0.3 is 0 Å². The Kier molecular flexibility index (Phi) is 3.09. The number of amides is 2. The van der Waals surface area contributed by atoms with Gasteiger partial charge in [0.1, 0.15) is 0 Å². The molecule has 0 atom stereocenters. The fourth-order valence-electron chi connectivity index (χ4n) is 1.63. The molecule has 15 heavy (non-hydrogen) atoms. The minimum absolute atomic E-state index is 0.169. The number of carbonyl (C=O) groups is 2. The van der Waals surface area contributed by atoms with Crippen LogP contribution in [0.4, 0.5) is 0 Å². The molecule has 0 spiro atoms. The molecule has 1 rings (SSSR count). The number of hydrogen-bond acceptors (Lipinski definition) is 2. The minimum atomic E-state index is -0.464. The Morgan fingerprint density at radius 1 is 1.20 bits per heavy atom. The predicted octanol–water partition coefficient (Wildman–Crippen LogP) is 0.762. The van der Waals surface area contributed by atoms with Gasteiger partial charge in [0.15, 0.2) is 0 Å². The highest BCUT2D eigenvalue weighted by atomic mass is 16.2. The lowest BCUT2D eigenvalue weighted by Gasteiger charge is -2.08. The first kappa shape index (κ1) is 11.2. The van der Waals surface area contributed by atoms with E-state index in [2.05, 4.69) is 5.32 Å². The SMILES string of the molecule is CNC(=O)c1cc(C)c(C(N)=O)c(C)c1. The van der Waals surface area contributed by atoms with Crippen LogP contribution in [0.25, 0.3) is 0 Å². The number of rotatable bonds is 2. The van der Waals surface area contributed by atoms with Crippen molar-refractivity contribution in [2.24, 2.45) is 5.73 Å². The van der Waals surface area contributed by atoms with E-state index in [1.807, 2.05) is 0 Å². The number of aryl methyl sites for hydroxylation is 2. The van der Waals surface area contributed by atoms with Crippen LogP contribution in [0.5, 0.6) is 0 Å². The van der Waals surface area contributed by atoms with Crippen molar-refractivity contribution in [3.05, 3.63) is 34.4 Å². The molecule has 0 saturated heterocycles. The largest absolute Gasteiger partial charge is 0.366 e. The van der Waals surface area contributed by atoms with Gasteiger partial charge in [0.25, 0.3) is 5.91 Å². The molecule has 3 N–H and O–H groups in total. The van der Waals surface area contributed by atoms with Gasteiger partial charge in [0.2, 0.25) is 5.91 Å². The Hall–Kier alpha value is -1.84. The second-order valence-corrected chi connectivity index (χ2v) is 3.43. The molecule has 0 radical (unpaired) electrons. The molecule has 1 aromatic carbocycles. The molecule has 0 aliphatic carbocycles. The number of nitrogens with two attached hydrogens (primary N) is 1. The van der Waals surface area contributed by atoms with E-state index in [9.17, 15) is 9.59 Å². The van der Waals surface area contributed by atoms with Crippen molar-refractivity contribution in [2.45, 2.75) is 13.8 Å². The first-order valence-corrected chi connectivity index (χ1v) is 4.60. The van der Waals surface area contributed by atoms with Crippen LogP contribution in [-0.4, -0.2) is 18.9 Å². The fourth-order valence-corrected chi connectivity index (χ4v) is 1.63. The smallest absolute Gasteiger partial charge is 0.251 e. The van der Waals surface area contributed by atoms with E-state index in [1.165, 1.54) is 0 Å². The van der Waals surface area contributed by atoms with Gasteiger partial charge in [-0.2, -0.15) is 0 Å². The third-order valence-electron chi connectivity index (χ3n) is 2.27. The molecular weight excluding hydrogens is 192 g/mol. The molecule has 1 aromatic rings. The average Bonchev–Trinajstić information content (AvgIpc) is 2.14. The van der Waals surface area contributed by atoms with E-state index >= 15 is 0 Å². The molecule has 2 amide bonds. The van der Waals surface area contributed by atoms with E-state index in [0.717, 1.165) is 11.1 Å². The molecule has 0 aromatic heterocycles. The van der Waals surface area contributed by atoms with Crippen molar-refractivity contribution in [3.8, 4) is 0 Å². The third-order valence-corrected chi connectivity index (χ3v) is 2.27. The van der Waals surface area contributed by atoms with E-state index in [0.29, 0.717) is 11.1 Å². The third kappa shape index (κ3) is 2.15. The van der Waals surface area contributed by atoms with E-state index in [4.69, 9.17) is 5.73 Å². The van der Waals surface area contributed by atoms with E-state index < -0.39 is 5.91 Å². The number of benzene rings is 1. The lowest BCUT2D eigenvalue weighted by molar-refractivity contribution is 0.0959. The molecule has 0 aliphatic heterocycles. The highest BCUT2D eigenvalue weighted by Crippen LogP contribution is 2.16. The Bertz CT molecular complexity index is 402. The molecule has 0 saturated carbocycles. The molecule has 4 nitrogen and oxygen atoms in total. The van der Waals surface area contributed by atoms with Gasteiger partial charge in [-0.3, -0.25) is 9.59 Å². The predicted molar refractivity (Wildman–Crippen MR) is 57.8 cm³/mol. The van der Waals surface area contributed by atoms with E-state index in [1.54, 1.807) is 33.0 Å². The van der Waals surface area contributed by atoms with Crippen LogP contribution in [0.15, 0.2) is 12.1 Å². The van der Waals surface area contributed by atoms with Gasteiger partial charge in [-0.05, 0) is 37.1 Å². The van der Waals surface area contributed by atoms with Crippen molar-refractivity contribution in [2.75, 3.05) is 7.05 Å². The molecule has 80 valence electrons. The lowest BCUT2D eigenvalue weighted by Crippen LogP contribution is -2.20. The first-order chi connectivity index (χ1) is 6.97. The summed E-state index contributed by atoms with van der Waals surface area (Å²) in [5.41, 5.74) is 7.71. The van der Waals surface area contributed by atoms with Crippen LogP contribution < -0.4 is 11.1 Å². The van der Waals surface area contributed by atoms with Gasteiger partial charge in [-0.15, -0.1) is 0 Å². The van der Waals surface area contributed by atoms with Gasteiger partial charge in [0, 0.05) is 18.2 Å². The summed E-state index contributed by atoms with van der Waals surface area (Å²) in [6.07, 6.45) is 0. The van der Waals surface area contributed by atoms with Crippen LogP contribution >= 0.6 is 0 Å². The highest BCUT2D eigenvalue weighted by molar-refractivity contribution is 5.99. The number of hydrogen-bond donors (Lipinski definition) is 2. The lowest BCUT2D eigenvalue weighted by atomic mass is 9.98. The summed E-state index contributed by atoms with van der Waals surface area (Å²) in [6, 6.07) is 3.32. The monoisotopic (exact) mass is 206 g/mol. The Morgan fingerprint density at radius 3 is 2.00 bits per heavy atom. The molecule has 0 bridgehead atoms. The van der Waals surface area contributed by atoms with Gasteiger partial charge in [0.05, 0.1) is 0 Å². The molecule has 0 heterocycles. The number of nitrogens with one attached hydrogen (secondary N) is 1. The summed E-state index contributed by atoms with van der Waals surface area (Å²) in [5, 5.41) is 2.53. The zero-order valence-corrected chi connectivity index (χ0v) is 9.05. The van der Waals surface area contributed by atoms with Crippen molar-refractivity contribution < 1.29 is 9.59 Å². The topological polar surface area (TPSA) is 72.2 Å². The molecule has 0 aliphatic rings. The zero-order valence-electron chi connectivity index (χ0n) is 9.05. The Morgan fingerprint density at radius 2 is 1.67 bits per heavy atom. The van der Waals surface area contributed by atoms with Gasteiger partial charge < -0.3 is 11.1 Å². The quantitative estimate of drug-likeness (QED) is 0.749. The maximum atomic E-state index is 11.4.